The Kier molecular flexibility index (Phi) is 4.60. The molecule has 4 rings (SSSR count). The van der Waals surface area contributed by atoms with Gasteiger partial charge in [-0.2, -0.15) is 10.1 Å². The molecule has 3 aromatic rings. The first-order valence-electron chi connectivity index (χ1n) is 9.17. The molecule has 0 spiro atoms. The summed E-state index contributed by atoms with van der Waals surface area (Å²) in [4.78, 5) is 29.7. The summed E-state index contributed by atoms with van der Waals surface area (Å²) < 4.78 is 9.82. The number of aromatic nitrogens is 4. The summed E-state index contributed by atoms with van der Waals surface area (Å²) in [5.74, 6) is 0.535. The second-order valence-electron chi connectivity index (χ2n) is 6.61. The zero-order valence-corrected chi connectivity index (χ0v) is 16.1. The lowest BCUT2D eigenvalue weighted by Gasteiger charge is -2.26. The van der Waals surface area contributed by atoms with E-state index in [0.717, 1.165) is 15.8 Å². The van der Waals surface area contributed by atoms with Crippen molar-refractivity contribution >= 4 is 22.8 Å². The average molecular weight is 382 g/mol. The normalized spacial score (nSPS) is 13.7. The number of aryl methyl sites for hydroxylation is 1. The van der Waals surface area contributed by atoms with Crippen molar-refractivity contribution in [3.63, 3.8) is 0 Å². The Balaban J connectivity index is 1.91. The van der Waals surface area contributed by atoms with Crippen LogP contribution < -0.4 is 16.3 Å². The minimum atomic E-state index is -0.405. The lowest BCUT2D eigenvalue weighted by molar-refractivity contribution is 0.153. The van der Waals surface area contributed by atoms with Crippen LogP contribution in [0.15, 0.2) is 45.0 Å². The molecule has 0 atom stereocenters. The molecular weight excluding hydrogens is 360 g/mol. The minimum absolute atomic E-state index is 0.356. The van der Waals surface area contributed by atoms with E-state index in [0.29, 0.717) is 43.4 Å². The van der Waals surface area contributed by atoms with Crippen LogP contribution in [0.25, 0.3) is 11.2 Å². The van der Waals surface area contributed by atoms with Crippen LogP contribution in [0.4, 0.5) is 5.95 Å². The molecule has 1 aliphatic heterocycles. The SMILES string of the molecule is CCOCCN1N=C(c2ccccc2)Cn2c1nc1c2c(=O)n(C)c(=O)n1C. The maximum atomic E-state index is 12.9. The second kappa shape index (κ2) is 7.08. The van der Waals surface area contributed by atoms with Gasteiger partial charge in [0.1, 0.15) is 0 Å². The van der Waals surface area contributed by atoms with Crippen LogP contribution in [-0.2, 0) is 25.4 Å². The molecule has 0 radical (unpaired) electrons. The van der Waals surface area contributed by atoms with Crippen LogP contribution in [0.5, 0.6) is 0 Å². The number of anilines is 1. The maximum absolute atomic E-state index is 12.9. The molecular formula is C19H22N6O3. The number of hydrazone groups is 1. The molecule has 146 valence electrons. The summed E-state index contributed by atoms with van der Waals surface area (Å²) in [5.41, 5.74) is 1.77. The van der Waals surface area contributed by atoms with Crippen LogP contribution in [0.3, 0.4) is 0 Å². The number of imidazole rings is 1. The van der Waals surface area contributed by atoms with Crippen LogP contribution in [0, 0.1) is 0 Å². The van der Waals surface area contributed by atoms with Gasteiger partial charge in [0.2, 0.25) is 5.95 Å². The summed E-state index contributed by atoms with van der Waals surface area (Å²) in [7, 11) is 3.10. The quantitative estimate of drug-likeness (QED) is 0.606. The smallest absolute Gasteiger partial charge is 0.332 e. The summed E-state index contributed by atoms with van der Waals surface area (Å²) in [6.07, 6.45) is 0. The van der Waals surface area contributed by atoms with Crippen molar-refractivity contribution in [2.45, 2.75) is 13.5 Å². The molecule has 0 saturated carbocycles. The highest BCUT2D eigenvalue weighted by Crippen LogP contribution is 2.25. The van der Waals surface area contributed by atoms with Gasteiger partial charge in [-0.1, -0.05) is 30.3 Å². The third-order valence-corrected chi connectivity index (χ3v) is 4.87. The van der Waals surface area contributed by atoms with E-state index < -0.39 is 5.69 Å². The molecule has 0 aliphatic carbocycles. The number of nitrogens with zero attached hydrogens (tertiary/aromatic N) is 6. The van der Waals surface area contributed by atoms with Crippen LogP contribution >= 0.6 is 0 Å². The number of benzene rings is 1. The van der Waals surface area contributed by atoms with Gasteiger partial charge in [-0.15, -0.1) is 0 Å². The van der Waals surface area contributed by atoms with Gasteiger partial charge in [-0.25, -0.2) is 9.80 Å². The van der Waals surface area contributed by atoms with E-state index in [1.54, 1.807) is 12.1 Å². The van der Waals surface area contributed by atoms with Gasteiger partial charge < -0.3 is 4.74 Å². The molecule has 0 amide bonds. The first-order chi connectivity index (χ1) is 13.5. The highest BCUT2D eigenvalue weighted by Gasteiger charge is 2.27. The molecule has 2 aromatic heterocycles. The molecule has 9 nitrogen and oxygen atoms in total. The molecule has 3 heterocycles. The Morgan fingerprint density at radius 3 is 2.57 bits per heavy atom. The molecule has 1 aliphatic rings. The number of ether oxygens (including phenoxy) is 1. The molecule has 1 aromatic carbocycles. The number of hydrogen-bond acceptors (Lipinski definition) is 6. The Hall–Kier alpha value is -3.20. The average Bonchev–Trinajstić information content (AvgIpc) is 3.11. The van der Waals surface area contributed by atoms with Crippen LogP contribution in [-0.4, -0.2) is 44.2 Å². The number of rotatable bonds is 5. The summed E-state index contributed by atoms with van der Waals surface area (Å²) in [6, 6.07) is 9.82. The molecule has 0 bridgehead atoms. The van der Waals surface area contributed by atoms with Crippen molar-refractivity contribution < 1.29 is 4.74 Å². The summed E-state index contributed by atoms with van der Waals surface area (Å²) >= 11 is 0. The van der Waals surface area contributed by atoms with Crippen molar-refractivity contribution in [3.8, 4) is 0 Å². The van der Waals surface area contributed by atoms with Crippen molar-refractivity contribution in [2.24, 2.45) is 19.2 Å². The van der Waals surface area contributed by atoms with Crippen molar-refractivity contribution in [1.82, 2.24) is 18.7 Å². The van der Waals surface area contributed by atoms with E-state index in [1.165, 1.54) is 11.6 Å². The van der Waals surface area contributed by atoms with E-state index in [2.05, 4.69) is 4.98 Å². The van der Waals surface area contributed by atoms with Crippen molar-refractivity contribution in [1.29, 1.82) is 0 Å². The number of fused-ring (bicyclic) bond motifs is 3. The largest absolute Gasteiger partial charge is 0.380 e. The third kappa shape index (κ3) is 2.84. The number of hydrogen-bond donors (Lipinski definition) is 0. The van der Waals surface area contributed by atoms with Gasteiger partial charge >= 0.3 is 5.69 Å². The highest BCUT2D eigenvalue weighted by atomic mass is 16.5. The fraction of sp³-hybridized carbons (Fsp3) is 0.368. The van der Waals surface area contributed by atoms with Gasteiger partial charge in [0.15, 0.2) is 11.2 Å². The van der Waals surface area contributed by atoms with Crippen LogP contribution in [0.2, 0.25) is 0 Å². The third-order valence-electron chi connectivity index (χ3n) is 4.87. The molecule has 0 N–H and O–H groups in total. The van der Waals surface area contributed by atoms with Gasteiger partial charge in [0.25, 0.3) is 5.56 Å². The zero-order valence-electron chi connectivity index (χ0n) is 16.1. The molecule has 0 unspecified atom stereocenters. The van der Waals surface area contributed by atoms with Crippen LogP contribution in [0.1, 0.15) is 12.5 Å². The molecule has 28 heavy (non-hydrogen) atoms. The Labute approximate surface area is 161 Å². The summed E-state index contributed by atoms with van der Waals surface area (Å²) in [5, 5.41) is 6.50. The molecule has 0 fully saturated rings. The first kappa shape index (κ1) is 18.2. The van der Waals surface area contributed by atoms with Gasteiger partial charge in [0, 0.05) is 20.7 Å². The van der Waals surface area contributed by atoms with E-state index in [-0.39, 0.29) is 5.56 Å². The summed E-state index contributed by atoms with van der Waals surface area (Å²) in [6.45, 7) is 3.90. The highest BCUT2D eigenvalue weighted by molar-refractivity contribution is 6.02. The Morgan fingerprint density at radius 1 is 1.11 bits per heavy atom. The van der Waals surface area contributed by atoms with E-state index in [9.17, 15) is 9.59 Å². The predicted octanol–water partition coefficient (Wildman–Crippen LogP) is 0.695. The van der Waals surface area contributed by atoms with Gasteiger partial charge in [-0.3, -0.25) is 18.5 Å². The maximum Gasteiger partial charge on any atom is 0.332 e. The van der Waals surface area contributed by atoms with E-state index in [4.69, 9.17) is 9.84 Å². The lowest BCUT2D eigenvalue weighted by Crippen LogP contribution is -2.38. The minimum Gasteiger partial charge on any atom is -0.380 e. The second-order valence-corrected chi connectivity index (χ2v) is 6.61. The molecule has 9 heteroatoms. The van der Waals surface area contributed by atoms with Gasteiger partial charge in [0.05, 0.1) is 25.4 Å². The zero-order chi connectivity index (χ0) is 19.8. The lowest BCUT2D eigenvalue weighted by atomic mass is 10.1. The fourth-order valence-corrected chi connectivity index (χ4v) is 3.38. The van der Waals surface area contributed by atoms with E-state index in [1.807, 2.05) is 41.8 Å². The topological polar surface area (TPSA) is 86.7 Å². The van der Waals surface area contributed by atoms with E-state index >= 15 is 0 Å². The van der Waals surface area contributed by atoms with Crippen molar-refractivity contribution in [3.05, 3.63) is 56.7 Å². The predicted molar refractivity (Wildman–Crippen MR) is 107 cm³/mol. The van der Waals surface area contributed by atoms with Crippen molar-refractivity contribution in [2.75, 3.05) is 24.8 Å². The van der Waals surface area contributed by atoms with Gasteiger partial charge in [-0.05, 0) is 12.5 Å². The first-order valence-corrected chi connectivity index (χ1v) is 9.17. The standard InChI is InChI=1S/C19H22N6O3/c1-4-28-11-10-25-18-20-16-15(17(26)23(3)19(27)22(16)2)24(18)12-14(21-25)13-8-6-5-7-9-13/h5-9H,4,10-12H2,1-3H3. The fourth-order valence-electron chi connectivity index (χ4n) is 3.38. The Morgan fingerprint density at radius 2 is 1.86 bits per heavy atom. The molecule has 0 saturated heterocycles. The monoisotopic (exact) mass is 382 g/mol. The Bertz CT molecular complexity index is 1170.